The number of aliphatic hydroxyl groups is 1. The topological polar surface area (TPSA) is 50.5 Å². The van der Waals surface area contributed by atoms with Gasteiger partial charge in [-0.25, -0.2) is 4.98 Å². The van der Waals surface area contributed by atoms with Crippen LogP contribution in [0, 0.1) is 0 Å². The Balaban J connectivity index is 1.80. The number of methoxy groups -OCH3 is 1. The highest BCUT2D eigenvalue weighted by Gasteiger charge is 2.40. The molecule has 1 aliphatic heterocycles. The van der Waals surface area contributed by atoms with Crippen LogP contribution >= 0.6 is 0 Å². The number of aryl methyl sites for hydroxylation is 1. The minimum absolute atomic E-state index is 0.103. The van der Waals surface area contributed by atoms with Crippen LogP contribution in [0.3, 0.4) is 0 Å². The lowest BCUT2D eigenvalue weighted by Crippen LogP contribution is -2.45. The van der Waals surface area contributed by atoms with E-state index in [-0.39, 0.29) is 6.04 Å². The minimum Gasteiger partial charge on any atom is -0.497 e. The maximum absolute atomic E-state index is 11.2. The predicted octanol–water partition coefficient (Wildman–Crippen LogP) is 2.30. The highest BCUT2D eigenvalue weighted by atomic mass is 16.5. The molecule has 0 unspecified atom stereocenters. The summed E-state index contributed by atoms with van der Waals surface area (Å²) in [6.45, 7) is 3.73. The van der Waals surface area contributed by atoms with Gasteiger partial charge in [-0.1, -0.05) is 12.1 Å². The van der Waals surface area contributed by atoms with Gasteiger partial charge in [0.1, 0.15) is 11.4 Å². The zero-order valence-corrected chi connectivity index (χ0v) is 14.1. The molecule has 0 saturated carbocycles. The van der Waals surface area contributed by atoms with Crippen LogP contribution in [-0.4, -0.2) is 39.3 Å². The van der Waals surface area contributed by atoms with Crippen LogP contribution in [0.25, 0.3) is 0 Å². The second-order valence-electron chi connectivity index (χ2n) is 6.50. The van der Waals surface area contributed by atoms with E-state index < -0.39 is 5.60 Å². The second kappa shape index (κ2) is 6.34. The predicted molar refractivity (Wildman–Crippen MR) is 89.2 cm³/mol. The van der Waals surface area contributed by atoms with E-state index in [1.54, 1.807) is 7.11 Å². The summed E-state index contributed by atoms with van der Waals surface area (Å²) < 4.78 is 7.25. The van der Waals surface area contributed by atoms with Crippen molar-refractivity contribution < 1.29 is 9.84 Å². The van der Waals surface area contributed by atoms with E-state index in [9.17, 15) is 5.11 Å². The number of hydrogen-bond donors (Lipinski definition) is 1. The molecule has 0 bridgehead atoms. The van der Waals surface area contributed by atoms with Crippen molar-refractivity contribution in [2.45, 2.75) is 38.0 Å². The second-order valence-corrected chi connectivity index (χ2v) is 6.50. The van der Waals surface area contributed by atoms with Gasteiger partial charge in [-0.2, -0.15) is 0 Å². The van der Waals surface area contributed by atoms with Gasteiger partial charge in [-0.05, 0) is 44.0 Å². The average molecular weight is 315 g/mol. The third-order valence-electron chi connectivity index (χ3n) is 4.97. The highest BCUT2D eigenvalue weighted by molar-refractivity contribution is 5.31. The first-order valence-electron chi connectivity index (χ1n) is 8.08. The van der Waals surface area contributed by atoms with Crippen LogP contribution in [0.1, 0.15) is 31.0 Å². The Morgan fingerprint density at radius 1 is 1.35 bits per heavy atom. The monoisotopic (exact) mass is 315 g/mol. The molecule has 2 aromatic rings. The summed E-state index contributed by atoms with van der Waals surface area (Å²) in [6, 6.07) is 7.83. The Kier molecular flexibility index (Phi) is 4.41. The molecular weight excluding hydrogens is 290 g/mol. The Morgan fingerprint density at radius 2 is 2.09 bits per heavy atom. The molecule has 1 aliphatic rings. The number of ether oxygens (including phenoxy) is 1. The van der Waals surface area contributed by atoms with E-state index in [1.165, 1.54) is 5.69 Å². The lowest BCUT2D eigenvalue weighted by molar-refractivity contribution is -0.0259. The summed E-state index contributed by atoms with van der Waals surface area (Å²) in [5, 5.41) is 11.2. The van der Waals surface area contributed by atoms with E-state index >= 15 is 0 Å². The van der Waals surface area contributed by atoms with Crippen LogP contribution in [0.2, 0.25) is 0 Å². The van der Waals surface area contributed by atoms with Crippen LogP contribution in [0.4, 0.5) is 0 Å². The zero-order valence-electron chi connectivity index (χ0n) is 14.1. The number of rotatable bonds is 5. The van der Waals surface area contributed by atoms with E-state index in [4.69, 9.17) is 4.74 Å². The third-order valence-corrected chi connectivity index (χ3v) is 4.97. The number of hydrogen-bond acceptors (Lipinski definition) is 4. The lowest BCUT2D eigenvalue weighted by atomic mass is 9.86. The van der Waals surface area contributed by atoms with Crippen LogP contribution in [-0.2, 0) is 19.2 Å². The normalized spacial score (nSPS) is 21.3. The van der Waals surface area contributed by atoms with E-state index in [0.717, 1.165) is 37.2 Å². The van der Waals surface area contributed by atoms with Crippen LogP contribution in [0.15, 0.2) is 36.8 Å². The number of nitrogens with zero attached hydrogens (tertiary/aromatic N) is 3. The molecule has 0 aliphatic carbocycles. The minimum atomic E-state index is -0.888. The molecule has 0 amide bonds. The number of aromatic nitrogens is 2. The van der Waals surface area contributed by atoms with E-state index in [1.807, 2.05) is 55.3 Å². The maximum atomic E-state index is 11.2. The van der Waals surface area contributed by atoms with Crippen molar-refractivity contribution in [3.63, 3.8) is 0 Å². The molecule has 5 nitrogen and oxygen atoms in total. The smallest absolute Gasteiger partial charge is 0.118 e. The first-order chi connectivity index (χ1) is 11.0. The van der Waals surface area contributed by atoms with Crippen molar-refractivity contribution in [3.8, 4) is 5.75 Å². The van der Waals surface area contributed by atoms with E-state index in [0.29, 0.717) is 0 Å². The molecular formula is C18H25N3O2. The summed E-state index contributed by atoms with van der Waals surface area (Å²) in [5.74, 6) is 0.808. The van der Waals surface area contributed by atoms with E-state index in [2.05, 4.69) is 9.88 Å². The van der Waals surface area contributed by atoms with Crippen molar-refractivity contribution in [3.05, 3.63) is 48.0 Å². The fourth-order valence-electron chi connectivity index (χ4n) is 3.52. The molecule has 23 heavy (non-hydrogen) atoms. The molecule has 5 heteroatoms. The van der Waals surface area contributed by atoms with Crippen LogP contribution < -0.4 is 4.74 Å². The molecule has 1 N–H and O–H groups in total. The third kappa shape index (κ3) is 3.12. The number of benzene rings is 1. The summed E-state index contributed by atoms with van der Waals surface area (Å²) in [5.41, 5.74) is 1.21. The summed E-state index contributed by atoms with van der Waals surface area (Å²) in [4.78, 5) is 6.55. The van der Waals surface area contributed by atoms with Gasteiger partial charge in [0.15, 0.2) is 0 Å². The Morgan fingerprint density at radius 3 is 2.70 bits per heavy atom. The van der Waals surface area contributed by atoms with Crippen molar-refractivity contribution in [2.24, 2.45) is 7.05 Å². The molecule has 1 aromatic carbocycles. The van der Waals surface area contributed by atoms with Crippen molar-refractivity contribution in [2.75, 3.05) is 13.7 Å². The molecule has 1 fully saturated rings. The molecule has 1 saturated heterocycles. The van der Waals surface area contributed by atoms with Crippen molar-refractivity contribution in [1.29, 1.82) is 0 Å². The largest absolute Gasteiger partial charge is 0.497 e. The van der Waals surface area contributed by atoms with Gasteiger partial charge in [0.25, 0.3) is 0 Å². The zero-order chi connectivity index (χ0) is 16.4. The Bertz CT molecular complexity index is 649. The summed E-state index contributed by atoms with van der Waals surface area (Å²) >= 11 is 0. The fourth-order valence-corrected chi connectivity index (χ4v) is 3.52. The van der Waals surface area contributed by atoms with Crippen molar-refractivity contribution >= 4 is 0 Å². The van der Waals surface area contributed by atoms with Gasteiger partial charge < -0.3 is 14.4 Å². The van der Waals surface area contributed by atoms with Gasteiger partial charge in [-0.3, -0.25) is 4.90 Å². The van der Waals surface area contributed by atoms with Gasteiger partial charge in [0, 0.05) is 25.8 Å². The lowest BCUT2D eigenvalue weighted by Gasteiger charge is -2.37. The van der Waals surface area contributed by atoms with Gasteiger partial charge in [0.2, 0.25) is 0 Å². The first kappa shape index (κ1) is 16.0. The number of likely N-dealkylation sites (tertiary alicyclic amines) is 1. The quantitative estimate of drug-likeness (QED) is 0.920. The summed E-state index contributed by atoms with van der Waals surface area (Å²) in [7, 11) is 3.66. The molecule has 0 radical (unpaired) electrons. The Hall–Kier alpha value is -1.85. The maximum Gasteiger partial charge on any atom is 0.118 e. The first-order valence-corrected chi connectivity index (χ1v) is 8.08. The Labute approximate surface area is 137 Å². The standard InChI is InChI=1S/C18H25N3O2/c1-18(22,14-6-8-16(23-3)9-7-14)17-5-4-10-21(17)12-15-11-19-13-20(15)2/h6-9,11,13,17,22H,4-5,10,12H2,1-3H3/t17-,18+/m0/s1. The van der Waals surface area contributed by atoms with Crippen molar-refractivity contribution in [1.82, 2.24) is 14.5 Å². The molecule has 2 heterocycles. The SMILES string of the molecule is COc1ccc([C@@](C)(O)[C@@H]2CCCN2Cc2cncn2C)cc1. The molecule has 2 atom stereocenters. The molecule has 0 spiro atoms. The van der Waals surface area contributed by atoms with Gasteiger partial charge in [-0.15, -0.1) is 0 Å². The van der Waals surface area contributed by atoms with Gasteiger partial charge >= 0.3 is 0 Å². The fraction of sp³-hybridized carbons (Fsp3) is 0.500. The average Bonchev–Trinajstić information content (AvgIpc) is 3.18. The molecule has 124 valence electrons. The number of imidazole rings is 1. The summed E-state index contributed by atoms with van der Waals surface area (Å²) in [6.07, 6.45) is 5.82. The van der Waals surface area contributed by atoms with Crippen LogP contribution in [0.5, 0.6) is 5.75 Å². The highest BCUT2D eigenvalue weighted by Crippen LogP contribution is 2.36. The van der Waals surface area contributed by atoms with Gasteiger partial charge in [0.05, 0.1) is 19.1 Å². The molecule has 3 rings (SSSR count). The molecule has 1 aromatic heterocycles.